The fourth-order valence-electron chi connectivity index (χ4n) is 3.05. The van der Waals surface area contributed by atoms with Crippen LogP contribution < -0.4 is 5.32 Å². The summed E-state index contributed by atoms with van der Waals surface area (Å²) in [5, 5.41) is 22.0. The second-order valence-electron chi connectivity index (χ2n) is 6.70. The first kappa shape index (κ1) is 19.8. The molecule has 0 aliphatic carbocycles. The van der Waals surface area contributed by atoms with Gasteiger partial charge in [0.05, 0.1) is 36.6 Å². The van der Waals surface area contributed by atoms with Gasteiger partial charge in [0.15, 0.2) is 5.78 Å². The molecular formula is C18H19FIN3O4. The number of aliphatic hydroxyl groups is 2. The Morgan fingerprint density at radius 1 is 1.33 bits per heavy atom. The van der Waals surface area contributed by atoms with Gasteiger partial charge in [0.1, 0.15) is 17.2 Å². The van der Waals surface area contributed by atoms with E-state index < -0.39 is 23.9 Å². The standard InChI is InChI=1S/C18H19FIN3O4/c1-10(25)15-6-12(17(26)23-7-18(27,8-23)9-24)16(22(15)2)21-14-4-3-11(20)5-13(14)19/h3-6,21,24,27H,7-9H2,1-2H3. The number of rotatable bonds is 5. The van der Waals surface area contributed by atoms with Gasteiger partial charge in [-0.1, -0.05) is 0 Å². The first-order valence-electron chi connectivity index (χ1n) is 8.20. The van der Waals surface area contributed by atoms with Gasteiger partial charge in [-0.15, -0.1) is 0 Å². The molecule has 0 unspecified atom stereocenters. The molecule has 0 radical (unpaired) electrons. The van der Waals surface area contributed by atoms with Gasteiger partial charge in [0.2, 0.25) is 0 Å². The molecule has 0 spiro atoms. The number of benzene rings is 1. The molecule has 1 aromatic carbocycles. The molecule has 1 amide bonds. The van der Waals surface area contributed by atoms with Crippen molar-refractivity contribution in [3.8, 4) is 0 Å². The van der Waals surface area contributed by atoms with Gasteiger partial charge in [-0.3, -0.25) is 9.59 Å². The van der Waals surface area contributed by atoms with Crippen LogP contribution in [0.4, 0.5) is 15.9 Å². The molecule has 2 aromatic rings. The second kappa shape index (κ2) is 7.21. The zero-order valence-corrected chi connectivity index (χ0v) is 16.9. The van der Waals surface area contributed by atoms with E-state index in [1.54, 1.807) is 19.2 Å². The maximum atomic E-state index is 14.2. The molecular weight excluding hydrogens is 468 g/mol. The lowest BCUT2D eigenvalue weighted by Gasteiger charge is -2.45. The van der Waals surface area contributed by atoms with Crippen LogP contribution >= 0.6 is 22.6 Å². The van der Waals surface area contributed by atoms with Crippen LogP contribution in [-0.4, -0.2) is 56.7 Å². The van der Waals surface area contributed by atoms with Gasteiger partial charge >= 0.3 is 0 Å². The van der Waals surface area contributed by atoms with Crippen molar-refractivity contribution in [2.75, 3.05) is 25.0 Å². The Morgan fingerprint density at radius 3 is 2.56 bits per heavy atom. The summed E-state index contributed by atoms with van der Waals surface area (Å²) < 4.78 is 16.5. The number of ketones is 1. The van der Waals surface area contributed by atoms with Crippen molar-refractivity contribution in [1.29, 1.82) is 0 Å². The predicted octanol–water partition coefficient (Wildman–Crippen LogP) is 1.89. The number of hydrogen-bond acceptors (Lipinski definition) is 5. The Hall–Kier alpha value is -1.98. The van der Waals surface area contributed by atoms with Crippen molar-refractivity contribution >= 4 is 45.8 Å². The summed E-state index contributed by atoms with van der Waals surface area (Å²) in [7, 11) is 1.61. The van der Waals surface area contributed by atoms with Crippen molar-refractivity contribution in [2.45, 2.75) is 12.5 Å². The maximum absolute atomic E-state index is 14.2. The van der Waals surface area contributed by atoms with Crippen LogP contribution in [0.25, 0.3) is 0 Å². The quantitative estimate of drug-likeness (QED) is 0.443. The minimum atomic E-state index is -1.30. The van der Waals surface area contributed by atoms with Crippen LogP contribution in [0.1, 0.15) is 27.8 Å². The predicted molar refractivity (Wildman–Crippen MR) is 106 cm³/mol. The molecule has 1 saturated heterocycles. The smallest absolute Gasteiger partial charge is 0.257 e. The number of carbonyl (C=O) groups excluding carboxylic acids is 2. The highest BCUT2D eigenvalue weighted by Crippen LogP contribution is 2.30. The zero-order chi connectivity index (χ0) is 19.9. The highest BCUT2D eigenvalue weighted by atomic mass is 127. The summed E-state index contributed by atoms with van der Waals surface area (Å²) in [6, 6.07) is 6.09. The minimum Gasteiger partial charge on any atom is -0.393 e. The van der Waals surface area contributed by atoms with E-state index >= 15 is 0 Å². The van der Waals surface area contributed by atoms with E-state index in [0.29, 0.717) is 5.69 Å². The van der Waals surface area contributed by atoms with E-state index in [1.807, 2.05) is 22.6 Å². The van der Waals surface area contributed by atoms with E-state index in [-0.39, 0.29) is 35.9 Å². The van der Waals surface area contributed by atoms with Crippen molar-refractivity contribution in [2.24, 2.45) is 7.05 Å². The molecule has 1 aliphatic rings. The van der Waals surface area contributed by atoms with Gasteiger partial charge in [0.25, 0.3) is 5.91 Å². The monoisotopic (exact) mass is 487 g/mol. The SMILES string of the molecule is CC(=O)c1cc(C(=O)N2CC(O)(CO)C2)c(Nc2ccc(I)cc2F)n1C. The molecule has 9 heteroatoms. The van der Waals surface area contributed by atoms with Gasteiger partial charge < -0.3 is 25.0 Å². The lowest BCUT2D eigenvalue weighted by atomic mass is 9.94. The normalized spacial score (nSPS) is 15.4. The topological polar surface area (TPSA) is 94.8 Å². The average Bonchev–Trinajstić information content (AvgIpc) is 2.91. The maximum Gasteiger partial charge on any atom is 0.257 e. The van der Waals surface area contributed by atoms with Gasteiger partial charge in [0, 0.05) is 17.5 Å². The summed E-state index contributed by atoms with van der Waals surface area (Å²) in [6.45, 7) is 0.921. The largest absolute Gasteiger partial charge is 0.393 e. The van der Waals surface area contributed by atoms with E-state index in [4.69, 9.17) is 5.11 Å². The highest BCUT2D eigenvalue weighted by molar-refractivity contribution is 14.1. The Labute approximate surface area is 168 Å². The minimum absolute atomic E-state index is 0.00995. The highest BCUT2D eigenvalue weighted by Gasteiger charge is 2.44. The van der Waals surface area contributed by atoms with E-state index in [1.165, 1.54) is 28.5 Å². The number of nitrogens with zero attached hydrogens (tertiary/aromatic N) is 2. The molecule has 7 nitrogen and oxygen atoms in total. The van der Waals surface area contributed by atoms with Gasteiger partial charge in [-0.2, -0.15) is 0 Å². The van der Waals surface area contributed by atoms with Crippen LogP contribution in [-0.2, 0) is 7.05 Å². The lowest BCUT2D eigenvalue weighted by Crippen LogP contribution is -2.65. The number of β-amino-alcohol motifs (C(OH)–C–C–N with tert-alkyl or cyclic N) is 1. The molecule has 1 fully saturated rings. The van der Waals surface area contributed by atoms with E-state index in [9.17, 15) is 19.1 Å². The van der Waals surface area contributed by atoms with E-state index in [2.05, 4.69) is 5.32 Å². The molecule has 0 bridgehead atoms. The third-order valence-corrected chi connectivity index (χ3v) is 5.23. The molecule has 3 N–H and O–H groups in total. The summed E-state index contributed by atoms with van der Waals surface area (Å²) in [5.41, 5.74) is -0.634. The van der Waals surface area contributed by atoms with Crippen LogP contribution in [0.15, 0.2) is 24.3 Å². The molecule has 1 aliphatic heterocycles. The molecule has 144 valence electrons. The first-order valence-corrected chi connectivity index (χ1v) is 9.28. The Morgan fingerprint density at radius 2 is 2.00 bits per heavy atom. The summed E-state index contributed by atoms with van der Waals surface area (Å²) in [6.07, 6.45) is 0. The Bertz CT molecular complexity index is 922. The fourth-order valence-corrected chi connectivity index (χ4v) is 3.50. The molecule has 27 heavy (non-hydrogen) atoms. The van der Waals surface area contributed by atoms with Crippen molar-refractivity contribution in [3.05, 3.63) is 44.9 Å². The third kappa shape index (κ3) is 3.71. The molecule has 0 atom stereocenters. The third-order valence-electron chi connectivity index (χ3n) is 4.56. The van der Waals surface area contributed by atoms with Crippen molar-refractivity contribution in [3.63, 3.8) is 0 Å². The van der Waals surface area contributed by atoms with Crippen molar-refractivity contribution < 1.29 is 24.2 Å². The molecule has 2 heterocycles. The number of halogens is 2. The zero-order valence-electron chi connectivity index (χ0n) is 14.8. The second-order valence-corrected chi connectivity index (χ2v) is 7.95. The molecule has 0 saturated carbocycles. The number of likely N-dealkylation sites (tertiary alicyclic amines) is 1. The van der Waals surface area contributed by atoms with Crippen LogP contribution in [0.5, 0.6) is 0 Å². The number of aliphatic hydroxyl groups excluding tert-OH is 1. The number of amides is 1. The number of Topliss-reactive ketones (excluding diaryl/α,β-unsaturated/α-hetero) is 1. The van der Waals surface area contributed by atoms with Crippen LogP contribution in [0.3, 0.4) is 0 Å². The van der Waals surface area contributed by atoms with E-state index in [0.717, 1.165) is 3.57 Å². The van der Waals surface area contributed by atoms with Gasteiger partial charge in [-0.05, 0) is 46.9 Å². The summed E-state index contributed by atoms with van der Waals surface area (Å²) >= 11 is 2.00. The molecule has 1 aromatic heterocycles. The number of aromatic nitrogens is 1. The first-order chi connectivity index (χ1) is 12.6. The van der Waals surface area contributed by atoms with Crippen molar-refractivity contribution in [1.82, 2.24) is 9.47 Å². The van der Waals surface area contributed by atoms with Crippen LogP contribution in [0, 0.1) is 9.39 Å². The average molecular weight is 487 g/mol. The summed E-state index contributed by atoms with van der Waals surface area (Å²) in [4.78, 5) is 26.1. The van der Waals surface area contributed by atoms with Gasteiger partial charge in [-0.25, -0.2) is 4.39 Å². The summed E-state index contributed by atoms with van der Waals surface area (Å²) in [5.74, 6) is -0.850. The number of carbonyl (C=O) groups is 2. The number of nitrogens with one attached hydrogen (secondary N) is 1. The molecule has 3 rings (SSSR count). The number of anilines is 2. The fraction of sp³-hybridized carbons (Fsp3) is 0.333. The number of hydrogen-bond donors (Lipinski definition) is 3. The lowest BCUT2D eigenvalue weighted by molar-refractivity contribution is -0.109. The Kier molecular flexibility index (Phi) is 5.28. The van der Waals surface area contributed by atoms with Crippen LogP contribution in [0.2, 0.25) is 0 Å². The Balaban J connectivity index is 1.97.